The van der Waals surface area contributed by atoms with Crippen molar-refractivity contribution in [2.24, 2.45) is 5.73 Å². The number of halogens is 1. The van der Waals surface area contributed by atoms with Crippen LogP contribution in [0.2, 0.25) is 0 Å². The summed E-state index contributed by atoms with van der Waals surface area (Å²) in [7, 11) is 1.53. The van der Waals surface area contributed by atoms with Crippen LogP contribution >= 0.6 is 0 Å². The lowest BCUT2D eigenvalue weighted by molar-refractivity contribution is 0.0981. The van der Waals surface area contributed by atoms with Crippen molar-refractivity contribution in [3.8, 4) is 0 Å². The number of Topliss-reactive ketones (excluding diaryl/α,β-unsaturated/α-hetero) is 1. The fraction of sp³-hybridized carbons (Fsp3) is 0.364. The van der Waals surface area contributed by atoms with E-state index in [1.54, 1.807) is 6.07 Å². The SMILES string of the molecule is COCc1ccc(C(=O)CCN)c(F)c1. The molecule has 15 heavy (non-hydrogen) atoms. The van der Waals surface area contributed by atoms with Crippen LogP contribution in [0.15, 0.2) is 18.2 Å². The van der Waals surface area contributed by atoms with Crippen LogP contribution < -0.4 is 5.73 Å². The Kier molecular flexibility index (Phi) is 4.39. The van der Waals surface area contributed by atoms with Crippen molar-refractivity contribution in [1.82, 2.24) is 0 Å². The zero-order valence-corrected chi connectivity index (χ0v) is 8.63. The summed E-state index contributed by atoms with van der Waals surface area (Å²) in [6.45, 7) is 0.570. The number of methoxy groups -OCH3 is 1. The van der Waals surface area contributed by atoms with E-state index in [1.165, 1.54) is 19.2 Å². The van der Waals surface area contributed by atoms with Crippen molar-refractivity contribution in [3.05, 3.63) is 35.1 Å². The lowest BCUT2D eigenvalue weighted by atomic mass is 10.1. The number of ketones is 1. The Morgan fingerprint density at radius 1 is 1.53 bits per heavy atom. The number of carbonyl (C=O) groups is 1. The summed E-state index contributed by atoms with van der Waals surface area (Å²) in [4.78, 5) is 11.4. The standard InChI is InChI=1S/C11H14FNO2/c1-15-7-8-2-3-9(10(12)6-8)11(14)4-5-13/h2-3,6H,4-5,7,13H2,1H3. The highest BCUT2D eigenvalue weighted by atomic mass is 19.1. The number of hydrogen-bond acceptors (Lipinski definition) is 3. The van der Waals surface area contributed by atoms with E-state index in [9.17, 15) is 9.18 Å². The van der Waals surface area contributed by atoms with Crippen molar-refractivity contribution >= 4 is 5.78 Å². The predicted molar refractivity (Wildman–Crippen MR) is 55.1 cm³/mol. The molecule has 1 rings (SSSR count). The first-order valence-corrected chi connectivity index (χ1v) is 4.69. The average molecular weight is 211 g/mol. The van der Waals surface area contributed by atoms with E-state index in [2.05, 4.69) is 0 Å². The van der Waals surface area contributed by atoms with E-state index < -0.39 is 5.82 Å². The molecule has 0 saturated carbocycles. The largest absolute Gasteiger partial charge is 0.380 e. The second-order valence-electron chi connectivity index (χ2n) is 3.21. The van der Waals surface area contributed by atoms with E-state index in [-0.39, 0.29) is 24.3 Å². The summed E-state index contributed by atoms with van der Waals surface area (Å²) in [6.07, 6.45) is 0.167. The maximum atomic E-state index is 13.4. The Morgan fingerprint density at radius 3 is 2.80 bits per heavy atom. The molecule has 0 aliphatic rings. The topological polar surface area (TPSA) is 52.3 Å². The minimum atomic E-state index is -0.511. The summed E-state index contributed by atoms with van der Waals surface area (Å²) in [5, 5.41) is 0. The van der Waals surface area contributed by atoms with Crippen LogP contribution in [0.1, 0.15) is 22.3 Å². The first kappa shape index (κ1) is 11.8. The highest BCUT2D eigenvalue weighted by molar-refractivity contribution is 5.96. The number of nitrogens with two attached hydrogens (primary N) is 1. The van der Waals surface area contributed by atoms with Gasteiger partial charge in [-0.05, 0) is 24.2 Å². The second kappa shape index (κ2) is 5.58. The predicted octanol–water partition coefficient (Wildman–Crippen LogP) is 1.50. The molecule has 2 N–H and O–H groups in total. The smallest absolute Gasteiger partial charge is 0.167 e. The molecule has 0 aromatic heterocycles. The molecule has 0 unspecified atom stereocenters. The molecular weight excluding hydrogens is 197 g/mol. The highest BCUT2D eigenvalue weighted by Crippen LogP contribution is 2.13. The first-order valence-electron chi connectivity index (χ1n) is 4.69. The third-order valence-electron chi connectivity index (χ3n) is 2.02. The quantitative estimate of drug-likeness (QED) is 0.751. The minimum Gasteiger partial charge on any atom is -0.380 e. The summed E-state index contributed by atoms with van der Waals surface area (Å²) >= 11 is 0. The van der Waals surface area contributed by atoms with Gasteiger partial charge < -0.3 is 10.5 Å². The maximum Gasteiger partial charge on any atom is 0.167 e. The van der Waals surface area contributed by atoms with E-state index in [0.717, 1.165) is 0 Å². The number of rotatable bonds is 5. The Balaban J connectivity index is 2.87. The Morgan fingerprint density at radius 2 is 2.27 bits per heavy atom. The van der Waals surface area contributed by atoms with Crippen LogP contribution in [-0.2, 0) is 11.3 Å². The van der Waals surface area contributed by atoms with Crippen LogP contribution in [-0.4, -0.2) is 19.4 Å². The molecule has 0 bridgehead atoms. The molecule has 0 radical (unpaired) electrons. The number of carbonyl (C=O) groups excluding carboxylic acids is 1. The fourth-order valence-corrected chi connectivity index (χ4v) is 1.31. The summed E-state index contributed by atoms with van der Waals surface area (Å²) < 4.78 is 18.3. The molecule has 1 aromatic rings. The van der Waals surface area contributed by atoms with Crippen molar-refractivity contribution in [1.29, 1.82) is 0 Å². The second-order valence-corrected chi connectivity index (χ2v) is 3.21. The van der Waals surface area contributed by atoms with Gasteiger partial charge in [-0.25, -0.2) is 4.39 Å². The van der Waals surface area contributed by atoms with Gasteiger partial charge in [0.15, 0.2) is 5.78 Å². The Bertz CT molecular complexity index is 352. The minimum absolute atomic E-state index is 0.0975. The third-order valence-corrected chi connectivity index (χ3v) is 2.02. The first-order chi connectivity index (χ1) is 7.19. The van der Waals surface area contributed by atoms with Gasteiger partial charge in [0.1, 0.15) is 5.82 Å². The van der Waals surface area contributed by atoms with E-state index in [4.69, 9.17) is 10.5 Å². The Labute approximate surface area is 88.0 Å². The van der Waals surface area contributed by atoms with Crippen LogP contribution in [0, 0.1) is 5.82 Å². The van der Waals surface area contributed by atoms with Gasteiger partial charge >= 0.3 is 0 Å². The Hall–Kier alpha value is -1.26. The van der Waals surface area contributed by atoms with Crippen LogP contribution in [0.3, 0.4) is 0 Å². The monoisotopic (exact) mass is 211 g/mol. The average Bonchev–Trinajstić information content (AvgIpc) is 2.18. The third kappa shape index (κ3) is 3.11. The van der Waals surface area contributed by atoms with Gasteiger partial charge in [-0.1, -0.05) is 6.07 Å². The van der Waals surface area contributed by atoms with E-state index >= 15 is 0 Å². The molecule has 0 spiro atoms. The molecule has 0 heterocycles. The molecule has 4 heteroatoms. The van der Waals surface area contributed by atoms with Crippen molar-refractivity contribution in [2.75, 3.05) is 13.7 Å². The van der Waals surface area contributed by atoms with Gasteiger partial charge in [0.2, 0.25) is 0 Å². The molecule has 0 amide bonds. The zero-order valence-electron chi connectivity index (χ0n) is 8.63. The lowest BCUT2D eigenvalue weighted by Crippen LogP contribution is -2.10. The number of hydrogen-bond donors (Lipinski definition) is 1. The van der Waals surface area contributed by atoms with Crippen LogP contribution in [0.25, 0.3) is 0 Å². The molecule has 0 fully saturated rings. The number of benzene rings is 1. The lowest BCUT2D eigenvalue weighted by Gasteiger charge is -2.04. The van der Waals surface area contributed by atoms with Crippen LogP contribution in [0.5, 0.6) is 0 Å². The summed E-state index contributed by atoms with van der Waals surface area (Å²) in [6, 6.07) is 4.46. The van der Waals surface area contributed by atoms with Gasteiger partial charge in [0, 0.05) is 13.5 Å². The van der Waals surface area contributed by atoms with Gasteiger partial charge in [-0.15, -0.1) is 0 Å². The molecule has 82 valence electrons. The normalized spacial score (nSPS) is 10.3. The van der Waals surface area contributed by atoms with Gasteiger partial charge in [0.05, 0.1) is 12.2 Å². The van der Waals surface area contributed by atoms with Crippen LogP contribution in [0.4, 0.5) is 4.39 Å². The summed E-state index contributed by atoms with van der Waals surface area (Å²) in [5.74, 6) is -0.776. The van der Waals surface area contributed by atoms with E-state index in [0.29, 0.717) is 12.2 Å². The molecule has 0 aliphatic heterocycles. The fourth-order valence-electron chi connectivity index (χ4n) is 1.31. The van der Waals surface area contributed by atoms with Crippen molar-refractivity contribution in [2.45, 2.75) is 13.0 Å². The molecule has 1 aromatic carbocycles. The molecule has 0 aliphatic carbocycles. The van der Waals surface area contributed by atoms with Gasteiger partial charge in [-0.2, -0.15) is 0 Å². The van der Waals surface area contributed by atoms with Gasteiger partial charge in [0.25, 0.3) is 0 Å². The molecular formula is C11H14FNO2. The maximum absolute atomic E-state index is 13.4. The van der Waals surface area contributed by atoms with Crippen molar-refractivity contribution < 1.29 is 13.9 Å². The molecule has 0 atom stereocenters. The summed E-state index contributed by atoms with van der Waals surface area (Å²) in [5.41, 5.74) is 6.04. The molecule has 3 nitrogen and oxygen atoms in total. The number of ether oxygens (including phenoxy) is 1. The zero-order chi connectivity index (χ0) is 11.3. The van der Waals surface area contributed by atoms with E-state index in [1.807, 2.05) is 0 Å². The van der Waals surface area contributed by atoms with Crippen molar-refractivity contribution in [3.63, 3.8) is 0 Å². The van der Waals surface area contributed by atoms with Gasteiger partial charge in [-0.3, -0.25) is 4.79 Å². The molecule has 0 saturated heterocycles. The highest BCUT2D eigenvalue weighted by Gasteiger charge is 2.10.